The van der Waals surface area contributed by atoms with Gasteiger partial charge in [0, 0.05) is 35.0 Å². The Labute approximate surface area is 202 Å². The minimum atomic E-state index is -0.653. The molecule has 166 valence electrons. The molecule has 0 aliphatic heterocycles. The fraction of sp³-hybridized carbons (Fsp3) is 0.200. The van der Waals surface area contributed by atoms with Crippen molar-refractivity contribution in [2.24, 2.45) is 0 Å². The SMILES string of the molecule is CNC(=O)C(Cc1ccccc1)N(Cc1cccc(Cl)c1)C(=O)CSc1ccc(Cl)cc1. The number of hydrogen-bond acceptors (Lipinski definition) is 3. The fourth-order valence-electron chi connectivity index (χ4n) is 3.31. The van der Waals surface area contributed by atoms with E-state index in [4.69, 9.17) is 23.2 Å². The molecule has 1 unspecified atom stereocenters. The number of halogens is 2. The number of amides is 2. The molecule has 0 radical (unpaired) electrons. The second kappa shape index (κ2) is 12.0. The molecule has 3 aromatic carbocycles. The maximum atomic E-state index is 13.4. The van der Waals surface area contributed by atoms with E-state index in [0.29, 0.717) is 16.5 Å². The third-order valence-electron chi connectivity index (χ3n) is 4.94. The molecule has 1 atom stereocenters. The smallest absolute Gasteiger partial charge is 0.242 e. The van der Waals surface area contributed by atoms with E-state index in [1.165, 1.54) is 11.8 Å². The zero-order valence-electron chi connectivity index (χ0n) is 17.6. The molecular weight excluding hydrogens is 463 g/mol. The minimum Gasteiger partial charge on any atom is -0.357 e. The summed E-state index contributed by atoms with van der Waals surface area (Å²) < 4.78 is 0. The molecule has 0 heterocycles. The van der Waals surface area contributed by atoms with Crippen LogP contribution < -0.4 is 5.32 Å². The Hall–Kier alpha value is -2.47. The first-order valence-electron chi connectivity index (χ1n) is 10.1. The predicted molar refractivity (Wildman–Crippen MR) is 132 cm³/mol. The number of hydrogen-bond donors (Lipinski definition) is 1. The van der Waals surface area contributed by atoms with Gasteiger partial charge in [-0.05, 0) is 47.5 Å². The van der Waals surface area contributed by atoms with Crippen LogP contribution in [0.25, 0.3) is 0 Å². The van der Waals surface area contributed by atoms with Crippen molar-refractivity contribution < 1.29 is 9.59 Å². The average Bonchev–Trinajstić information content (AvgIpc) is 2.81. The molecule has 0 fully saturated rings. The van der Waals surface area contributed by atoms with Crippen LogP contribution >= 0.6 is 35.0 Å². The molecule has 1 N–H and O–H groups in total. The number of carbonyl (C=O) groups excluding carboxylic acids is 2. The normalized spacial score (nSPS) is 11.6. The average molecular weight is 487 g/mol. The summed E-state index contributed by atoms with van der Waals surface area (Å²) in [6.07, 6.45) is 0.415. The first-order valence-corrected chi connectivity index (χ1v) is 11.9. The summed E-state index contributed by atoms with van der Waals surface area (Å²) in [5.74, 6) is -0.139. The zero-order valence-corrected chi connectivity index (χ0v) is 20.0. The highest BCUT2D eigenvalue weighted by Crippen LogP contribution is 2.23. The third kappa shape index (κ3) is 7.02. The fourth-order valence-corrected chi connectivity index (χ4v) is 4.43. The number of carbonyl (C=O) groups is 2. The van der Waals surface area contributed by atoms with E-state index < -0.39 is 6.04 Å². The standard InChI is InChI=1S/C25H24Cl2N2O2S/c1-28-25(31)23(15-18-6-3-2-4-7-18)29(16-19-8-5-9-21(27)14-19)24(30)17-32-22-12-10-20(26)11-13-22/h2-14,23H,15-17H2,1H3,(H,28,31). The number of nitrogens with zero attached hydrogens (tertiary/aromatic N) is 1. The van der Waals surface area contributed by atoms with Crippen LogP contribution in [-0.4, -0.2) is 35.6 Å². The van der Waals surface area contributed by atoms with E-state index in [2.05, 4.69) is 5.32 Å². The quantitative estimate of drug-likeness (QED) is 0.407. The van der Waals surface area contributed by atoms with Gasteiger partial charge >= 0.3 is 0 Å². The van der Waals surface area contributed by atoms with Crippen LogP contribution in [0.4, 0.5) is 0 Å². The van der Waals surface area contributed by atoms with Gasteiger partial charge in [-0.2, -0.15) is 0 Å². The molecule has 0 spiro atoms. The summed E-state index contributed by atoms with van der Waals surface area (Å²) in [5.41, 5.74) is 1.85. The van der Waals surface area contributed by atoms with Crippen molar-refractivity contribution in [2.45, 2.75) is 23.9 Å². The molecule has 3 rings (SSSR count). The molecule has 0 bridgehead atoms. The van der Waals surface area contributed by atoms with Crippen molar-refractivity contribution >= 4 is 46.8 Å². The zero-order chi connectivity index (χ0) is 22.9. The third-order valence-corrected chi connectivity index (χ3v) is 6.42. The van der Waals surface area contributed by atoms with Gasteiger partial charge in [0.25, 0.3) is 0 Å². The Morgan fingerprint density at radius 2 is 1.59 bits per heavy atom. The Bertz CT molecular complexity index is 1050. The van der Waals surface area contributed by atoms with E-state index in [-0.39, 0.29) is 24.1 Å². The van der Waals surface area contributed by atoms with Gasteiger partial charge in [-0.25, -0.2) is 0 Å². The second-order valence-corrected chi connectivity index (χ2v) is 9.14. The lowest BCUT2D eigenvalue weighted by atomic mass is 10.0. The maximum Gasteiger partial charge on any atom is 0.242 e. The summed E-state index contributed by atoms with van der Waals surface area (Å²) >= 11 is 13.5. The van der Waals surface area contributed by atoms with Gasteiger partial charge in [0.15, 0.2) is 0 Å². The molecule has 32 heavy (non-hydrogen) atoms. The van der Waals surface area contributed by atoms with E-state index in [1.54, 1.807) is 30.1 Å². The summed E-state index contributed by atoms with van der Waals surface area (Å²) in [6, 6.07) is 23.7. The van der Waals surface area contributed by atoms with E-state index >= 15 is 0 Å². The summed E-state index contributed by atoms with van der Waals surface area (Å²) in [5, 5.41) is 3.95. The van der Waals surface area contributed by atoms with Gasteiger partial charge in [-0.3, -0.25) is 9.59 Å². The van der Waals surface area contributed by atoms with Crippen molar-refractivity contribution in [3.63, 3.8) is 0 Å². The summed E-state index contributed by atoms with van der Waals surface area (Å²) in [6.45, 7) is 0.283. The van der Waals surface area contributed by atoms with E-state index in [1.807, 2.05) is 60.7 Å². The minimum absolute atomic E-state index is 0.130. The molecule has 0 aliphatic carbocycles. The number of nitrogens with one attached hydrogen (secondary N) is 1. The number of rotatable bonds is 9. The van der Waals surface area contributed by atoms with Crippen LogP contribution in [0.1, 0.15) is 11.1 Å². The molecule has 4 nitrogen and oxygen atoms in total. The van der Waals surface area contributed by atoms with Gasteiger partial charge < -0.3 is 10.2 Å². The predicted octanol–water partition coefficient (Wildman–Crippen LogP) is 5.47. The number of thioether (sulfide) groups is 1. The van der Waals surface area contributed by atoms with E-state index in [0.717, 1.165) is 16.0 Å². The second-order valence-electron chi connectivity index (χ2n) is 7.21. The molecule has 0 saturated heterocycles. The van der Waals surface area contributed by atoms with Crippen molar-refractivity contribution in [1.82, 2.24) is 10.2 Å². The first-order chi connectivity index (χ1) is 15.5. The van der Waals surface area contributed by atoms with Gasteiger partial charge in [0.2, 0.25) is 11.8 Å². The lowest BCUT2D eigenvalue weighted by Gasteiger charge is -2.31. The van der Waals surface area contributed by atoms with Crippen LogP contribution in [0, 0.1) is 0 Å². The molecule has 2 amide bonds. The van der Waals surface area contributed by atoms with Crippen molar-refractivity contribution in [2.75, 3.05) is 12.8 Å². The topological polar surface area (TPSA) is 49.4 Å². The van der Waals surface area contributed by atoms with Crippen molar-refractivity contribution in [3.05, 3.63) is 100 Å². The molecular formula is C25H24Cl2N2O2S. The van der Waals surface area contributed by atoms with Crippen molar-refractivity contribution in [3.8, 4) is 0 Å². The summed E-state index contributed by atoms with van der Waals surface area (Å²) in [7, 11) is 1.59. The highest BCUT2D eigenvalue weighted by Gasteiger charge is 2.29. The van der Waals surface area contributed by atoms with Gasteiger partial charge in [0.1, 0.15) is 6.04 Å². The summed E-state index contributed by atoms with van der Waals surface area (Å²) in [4.78, 5) is 28.8. The van der Waals surface area contributed by atoms with Gasteiger partial charge in [-0.15, -0.1) is 11.8 Å². The molecule has 0 aliphatic rings. The molecule has 7 heteroatoms. The largest absolute Gasteiger partial charge is 0.357 e. The lowest BCUT2D eigenvalue weighted by Crippen LogP contribution is -2.50. The Morgan fingerprint density at radius 1 is 0.906 bits per heavy atom. The molecule has 0 aromatic heterocycles. The maximum absolute atomic E-state index is 13.4. The van der Waals surface area contributed by atoms with Crippen LogP contribution in [-0.2, 0) is 22.6 Å². The lowest BCUT2D eigenvalue weighted by molar-refractivity contribution is -0.139. The number of likely N-dealkylation sites (N-methyl/N-ethyl adjacent to an activating group) is 1. The highest BCUT2D eigenvalue weighted by molar-refractivity contribution is 8.00. The molecule has 0 saturated carbocycles. The van der Waals surface area contributed by atoms with Gasteiger partial charge in [-0.1, -0.05) is 65.7 Å². The van der Waals surface area contributed by atoms with Crippen LogP contribution in [0.15, 0.2) is 83.8 Å². The Balaban J connectivity index is 1.86. The monoisotopic (exact) mass is 486 g/mol. The first kappa shape index (κ1) is 24.2. The highest BCUT2D eigenvalue weighted by atomic mass is 35.5. The van der Waals surface area contributed by atoms with Crippen LogP contribution in [0.2, 0.25) is 10.0 Å². The van der Waals surface area contributed by atoms with Crippen molar-refractivity contribution in [1.29, 1.82) is 0 Å². The Kier molecular flexibility index (Phi) is 9.03. The molecule has 3 aromatic rings. The number of benzene rings is 3. The Morgan fingerprint density at radius 3 is 2.25 bits per heavy atom. The van der Waals surface area contributed by atoms with Crippen LogP contribution in [0.3, 0.4) is 0 Å². The van der Waals surface area contributed by atoms with Gasteiger partial charge in [0.05, 0.1) is 5.75 Å². The van der Waals surface area contributed by atoms with Crippen LogP contribution in [0.5, 0.6) is 0 Å². The van der Waals surface area contributed by atoms with E-state index in [9.17, 15) is 9.59 Å².